The summed E-state index contributed by atoms with van der Waals surface area (Å²) in [6.45, 7) is 3.69. The number of nitrogens with one attached hydrogen (secondary N) is 1. The molecule has 1 rings (SSSR count). The molecule has 0 saturated heterocycles. The molecule has 0 aromatic carbocycles. The monoisotopic (exact) mass is 154 g/mol. The Kier molecular flexibility index (Phi) is 2.48. The van der Waals surface area contributed by atoms with Crippen LogP contribution in [0.25, 0.3) is 0 Å². The zero-order valence-corrected chi connectivity index (χ0v) is 6.96. The van der Waals surface area contributed by atoms with E-state index in [1.54, 1.807) is 6.20 Å². The van der Waals surface area contributed by atoms with Crippen molar-refractivity contribution in [3.8, 4) is 0 Å². The summed E-state index contributed by atoms with van der Waals surface area (Å²) in [4.78, 5) is 0. The van der Waals surface area contributed by atoms with Gasteiger partial charge in [0.25, 0.3) is 0 Å². The standard InChI is InChI=1S/C7H14N4/c1-3-11-7(5-9-2)6(8)4-10-11/h4,9H,3,5,8H2,1-2H3. The maximum atomic E-state index is 5.68. The van der Waals surface area contributed by atoms with Crippen LogP contribution in [0.1, 0.15) is 12.6 Å². The molecule has 0 bridgehead atoms. The summed E-state index contributed by atoms with van der Waals surface area (Å²) in [6, 6.07) is 0. The highest BCUT2D eigenvalue weighted by Gasteiger charge is 2.03. The third-order valence-electron chi connectivity index (χ3n) is 1.62. The molecular formula is C7H14N4. The number of nitrogen functional groups attached to an aromatic ring is 1. The van der Waals surface area contributed by atoms with Gasteiger partial charge in [-0.05, 0) is 14.0 Å². The predicted molar refractivity (Wildman–Crippen MR) is 45.1 cm³/mol. The van der Waals surface area contributed by atoms with Gasteiger partial charge in [0.2, 0.25) is 0 Å². The molecule has 0 aliphatic rings. The number of nitrogens with zero attached hydrogens (tertiary/aromatic N) is 2. The molecule has 0 spiro atoms. The van der Waals surface area contributed by atoms with Gasteiger partial charge in [-0.1, -0.05) is 0 Å². The molecule has 0 fully saturated rings. The molecule has 1 aromatic heterocycles. The molecule has 0 amide bonds. The van der Waals surface area contributed by atoms with Crippen LogP contribution >= 0.6 is 0 Å². The molecular weight excluding hydrogens is 140 g/mol. The van der Waals surface area contributed by atoms with E-state index in [4.69, 9.17) is 5.73 Å². The maximum absolute atomic E-state index is 5.68. The topological polar surface area (TPSA) is 55.9 Å². The molecule has 4 nitrogen and oxygen atoms in total. The molecule has 11 heavy (non-hydrogen) atoms. The van der Waals surface area contributed by atoms with Crippen molar-refractivity contribution in [2.75, 3.05) is 12.8 Å². The van der Waals surface area contributed by atoms with Crippen molar-refractivity contribution in [2.24, 2.45) is 0 Å². The predicted octanol–water partition coefficient (Wildman–Crippen LogP) is 0.205. The van der Waals surface area contributed by atoms with Crippen LogP contribution in [0.5, 0.6) is 0 Å². The average Bonchev–Trinajstić information content (AvgIpc) is 2.34. The quantitative estimate of drug-likeness (QED) is 0.654. The lowest BCUT2D eigenvalue weighted by Gasteiger charge is -2.03. The van der Waals surface area contributed by atoms with Crippen molar-refractivity contribution in [2.45, 2.75) is 20.0 Å². The molecule has 0 saturated carbocycles. The number of hydrogen-bond acceptors (Lipinski definition) is 3. The Morgan fingerprint density at radius 2 is 2.45 bits per heavy atom. The lowest BCUT2D eigenvalue weighted by Crippen LogP contribution is -2.12. The smallest absolute Gasteiger partial charge is 0.0751 e. The minimum atomic E-state index is 0.765. The number of rotatable bonds is 3. The van der Waals surface area contributed by atoms with Gasteiger partial charge in [0.1, 0.15) is 0 Å². The summed E-state index contributed by atoms with van der Waals surface area (Å²) in [5.74, 6) is 0. The Labute approximate surface area is 66.4 Å². The molecule has 0 aliphatic carbocycles. The number of anilines is 1. The van der Waals surface area contributed by atoms with Gasteiger partial charge in [0.15, 0.2) is 0 Å². The van der Waals surface area contributed by atoms with E-state index in [1.807, 2.05) is 18.7 Å². The summed E-state index contributed by atoms with van der Waals surface area (Å²) in [7, 11) is 1.90. The number of aryl methyl sites for hydroxylation is 1. The molecule has 3 N–H and O–H groups in total. The minimum Gasteiger partial charge on any atom is -0.396 e. The lowest BCUT2D eigenvalue weighted by atomic mass is 10.3. The second-order valence-corrected chi connectivity index (χ2v) is 2.39. The highest BCUT2D eigenvalue weighted by molar-refractivity contribution is 5.40. The largest absolute Gasteiger partial charge is 0.396 e. The second kappa shape index (κ2) is 3.39. The third kappa shape index (κ3) is 1.51. The summed E-state index contributed by atoms with van der Waals surface area (Å²) in [6.07, 6.45) is 1.69. The van der Waals surface area contributed by atoms with Crippen LogP contribution in [0.15, 0.2) is 6.20 Å². The van der Waals surface area contributed by atoms with E-state index in [0.29, 0.717) is 0 Å². The SMILES string of the molecule is CCn1ncc(N)c1CNC. The minimum absolute atomic E-state index is 0.765. The van der Waals surface area contributed by atoms with Gasteiger partial charge >= 0.3 is 0 Å². The van der Waals surface area contributed by atoms with Crippen LogP contribution in [0.2, 0.25) is 0 Å². The fourth-order valence-corrected chi connectivity index (χ4v) is 1.06. The first-order valence-electron chi connectivity index (χ1n) is 3.74. The fraction of sp³-hybridized carbons (Fsp3) is 0.571. The van der Waals surface area contributed by atoms with E-state index in [1.165, 1.54) is 0 Å². The summed E-state index contributed by atoms with van der Waals surface area (Å²) < 4.78 is 1.89. The average molecular weight is 154 g/mol. The Hall–Kier alpha value is -1.03. The van der Waals surface area contributed by atoms with Crippen molar-refractivity contribution in [1.29, 1.82) is 0 Å². The highest BCUT2D eigenvalue weighted by atomic mass is 15.3. The first-order valence-corrected chi connectivity index (χ1v) is 3.74. The van der Waals surface area contributed by atoms with Crippen LogP contribution in [0, 0.1) is 0 Å². The van der Waals surface area contributed by atoms with Gasteiger partial charge in [-0.2, -0.15) is 5.10 Å². The molecule has 1 heterocycles. The Balaban J connectivity index is 2.88. The second-order valence-electron chi connectivity index (χ2n) is 2.39. The van der Waals surface area contributed by atoms with Crippen LogP contribution in [0.3, 0.4) is 0 Å². The summed E-state index contributed by atoms with van der Waals surface area (Å²) in [5, 5.41) is 7.15. The van der Waals surface area contributed by atoms with E-state index in [9.17, 15) is 0 Å². The normalized spacial score (nSPS) is 10.4. The van der Waals surface area contributed by atoms with Crippen molar-refractivity contribution >= 4 is 5.69 Å². The summed E-state index contributed by atoms with van der Waals surface area (Å²) in [5.41, 5.74) is 7.51. The van der Waals surface area contributed by atoms with Gasteiger partial charge in [-0.25, -0.2) is 0 Å². The maximum Gasteiger partial charge on any atom is 0.0751 e. The number of nitrogens with two attached hydrogens (primary N) is 1. The number of hydrogen-bond donors (Lipinski definition) is 2. The lowest BCUT2D eigenvalue weighted by molar-refractivity contribution is 0.604. The molecule has 0 radical (unpaired) electrons. The van der Waals surface area contributed by atoms with Crippen LogP contribution < -0.4 is 11.1 Å². The Morgan fingerprint density at radius 1 is 1.73 bits per heavy atom. The molecule has 0 unspecified atom stereocenters. The molecule has 4 heteroatoms. The Morgan fingerprint density at radius 3 is 3.00 bits per heavy atom. The van der Waals surface area contributed by atoms with Crippen molar-refractivity contribution in [3.05, 3.63) is 11.9 Å². The first-order chi connectivity index (χ1) is 5.29. The van der Waals surface area contributed by atoms with E-state index in [2.05, 4.69) is 10.4 Å². The van der Waals surface area contributed by atoms with E-state index in [0.717, 1.165) is 24.5 Å². The fourth-order valence-electron chi connectivity index (χ4n) is 1.06. The third-order valence-corrected chi connectivity index (χ3v) is 1.62. The highest BCUT2D eigenvalue weighted by Crippen LogP contribution is 2.09. The van der Waals surface area contributed by atoms with Gasteiger partial charge in [-0.15, -0.1) is 0 Å². The zero-order valence-electron chi connectivity index (χ0n) is 6.96. The van der Waals surface area contributed by atoms with E-state index < -0.39 is 0 Å². The van der Waals surface area contributed by atoms with Crippen LogP contribution in [-0.2, 0) is 13.1 Å². The molecule has 0 aliphatic heterocycles. The van der Waals surface area contributed by atoms with Gasteiger partial charge in [0.05, 0.1) is 17.6 Å². The Bertz CT molecular complexity index is 228. The molecule has 62 valence electrons. The zero-order chi connectivity index (χ0) is 8.27. The van der Waals surface area contributed by atoms with Crippen LogP contribution in [0.4, 0.5) is 5.69 Å². The number of aromatic nitrogens is 2. The van der Waals surface area contributed by atoms with Gasteiger partial charge in [-0.3, -0.25) is 4.68 Å². The van der Waals surface area contributed by atoms with E-state index >= 15 is 0 Å². The van der Waals surface area contributed by atoms with E-state index in [-0.39, 0.29) is 0 Å². The summed E-state index contributed by atoms with van der Waals surface area (Å²) >= 11 is 0. The van der Waals surface area contributed by atoms with Gasteiger partial charge < -0.3 is 11.1 Å². The van der Waals surface area contributed by atoms with Crippen LogP contribution in [-0.4, -0.2) is 16.8 Å². The molecule has 0 atom stereocenters. The van der Waals surface area contributed by atoms with Crippen molar-refractivity contribution < 1.29 is 0 Å². The van der Waals surface area contributed by atoms with Crippen molar-refractivity contribution in [3.63, 3.8) is 0 Å². The molecule has 1 aromatic rings. The van der Waals surface area contributed by atoms with Crippen molar-refractivity contribution in [1.82, 2.24) is 15.1 Å². The first kappa shape index (κ1) is 8.07. The van der Waals surface area contributed by atoms with Gasteiger partial charge in [0, 0.05) is 13.1 Å².